The Kier molecular flexibility index (Phi) is 47.9. The molecule has 2 saturated heterocycles. The van der Waals surface area contributed by atoms with Gasteiger partial charge in [0, 0.05) is 6.42 Å². The fraction of sp³-hybridized carbons (Fsp3) is 0.894. The van der Waals surface area contributed by atoms with Crippen LogP contribution in [0.25, 0.3) is 0 Å². The first-order valence-electron chi connectivity index (χ1n) is 33.2. The van der Waals surface area contributed by atoms with Crippen molar-refractivity contribution in [2.45, 2.75) is 357 Å². The zero-order valence-corrected chi connectivity index (χ0v) is 50.8. The van der Waals surface area contributed by atoms with Crippen LogP contribution in [0.1, 0.15) is 284 Å². The summed E-state index contributed by atoms with van der Waals surface area (Å²) in [6.07, 6.45) is 47.5. The molecule has 14 nitrogen and oxygen atoms in total. The molecule has 0 spiro atoms. The molecule has 0 aromatic carbocycles. The van der Waals surface area contributed by atoms with E-state index in [2.05, 4.69) is 55.6 Å². The lowest BCUT2D eigenvalue weighted by atomic mass is 9.97. The van der Waals surface area contributed by atoms with Gasteiger partial charge in [-0.15, -0.1) is 0 Å². The van der Waals surface area contributed by atoms with Gasteiger partial charge in [0.25, 0.3) is 0 Å². The number of aliphatic hydroxyl groups is 8. The Morgan fingerprint density at radius 3 is 1.26 bits per heavy atom. The molecule has 0 aromatic rings. The predicted octanol–water partition coefficient (Wildman–Crippen LogP) is 12.6. The standard InChI is InChI=1S/C66H123NO13/c1-3-5-7-9-11-13-15-16-17-18-19-20-21-22-23-24-25-26-27-28-29-30-31-32-33-34-35-36-37-38-40-42-44-46-48-50-58(71)67-54(55(70)49-47-45-43-41-39-14-12-10-8-6-4-2)53-77-65-63(76)61(74)64(57(52-69)79-65)80-66-62(75)60(73)59(72)56(51-68)78-66/h15-16,18-19,21-22,54-57,59-66,68-70,72-76H,3-14,17,20,23-53H2,1-2H3,(H,67,71)/b16-15-,19-18-,22-21-. The lowest BCUT2D eigenvalue weighted by Crippen LogP contribution is -2.65. The number of aliphatic hydroxyl groups excluding tert-OH is 8. The summed E-state index contributed by atoms with van der Waals surface area (Å²) >= 11 is 0. The molecule has 2 aliphatic rings. The monoisotopic (exact) mass is 1140 g/mol. The molecule has 0 aliphatic carbocycles. The van der Waals surface area contributed by atoms with Crippen LogP contribution in [-0.4, -0.2) is 140 Å². The molecule has 2 fully saturated rings. The van der Waals surface area contributed by atoms with Gasteiger partial charge in [-0.05, 0) is 51.4 Å². The second kappa shape index (κ2) is 51.6. The summed E-state index contributed by atoms with van der Waals surface area (Å²) < 4.78 is 22.8. The lowest BCUT2D eigenvalue weighted by molar-refractivity contribution is -0.359. The maximum absolute atomic E-state index is 13.3. The number of ether oxygens (including phenoxy) is 4. The van der Waals surface area contributed by atoms with Crippen LogP contribution in [-0.2, 0) is 23.7 Å². The van der Waals surface area contributed by atoms with Gasteiger partial charge >= 0.3 is 0 Å². The van der Waals surface area contributed by atoms with Crippen molar-refractivity contribution in [2.75, 3.05) is 19.8 Å². The number of unbranched alkanes of at least 4 members (excludes halogenated alkanes) is 35. The van der Waals surface area contributed by atoms with Crippen molar-refractivity contribution < 1.29 is 64.6 Å². The number of carbonyl (C=O) groups is 1. The second-order valence-electron chi connectivity index (χ2n) is 23.6. The summed E-state index contributed by atoms with van der Waals surface area (Å²) in [6, 6.07) is -0.826. The van der Waals surface area contributed by atoms with Crippen molar-refractivity contribution in [2.24, 2.45) is 0 Å². The first-order chi connectivity index (χ1) is 39.1. The van der Waals surface area contributed by atoms with E-state index in [0.717, 1.165) is 64.2 Å². The normalized spacial score (nSPS) is 24.4. The van der Waals surface area contributed by atoms with Crippen LogP contribution in [0.4, 0.5) is 0 Å². The third-order valence-electron chi connectivity index (χ3n) is 16.4. The van der Waals surface area contributed by atoms with Crippen molar-refractivity contribution in [3.63, 3.8) is 0 Å². The molecule has 9 N–H and O–H groups in total. The van der Waals surface area contributed by atoms with Crippen molar-refractivity contribution in [1.82, 2.24) is 5.32 Å². The average molecular weight is 1140 g/mol. The zero-order chi connectivity index (χ0) is 58.1. The SMILES string of the molecule is CCCCCCC/C=C\C/C=C\C/C=C\CCCCCCCCCCCCCCCCCCCCCCC(=O)NC(COC1OC(CO)C(OC2OC(CO)C(O)C(O)C2O)C(O)C1O)C(O)CCCCCCCCCCCCC. The summed E-state index contributed by atoms with van der Waals surface area (Å²) in [4.78, 5) is 13.3. The molecule has 2 rings (SSSR count). The van der Waals surface area contributed by atoms with Crippen LogP contribution in [0, 0.1) is 0 Å². The highest BCUT2D eigenvalue weighted by molar-refractivity contribution is 5.76. The van der Waals surface area contributed by atoms with Crippen molar-refractivity contribution >= 4 is 5.91 Å². The van der Waals surface area contributed by atoms with Gasteiger partial charge in [0.2, 0.25) is 5.91 Å². The molecule has 14 heteroatoms. The Morgan fingerprint density at radius 2 is 0.825 bits per heavy atom. The largest absolute Gasteiger partial charge is 0.394 e. The van der Waals surface area contributed by atoms with Crippen molar-refractivity contribution in [3.8, 4) is 0 Å². The van der Waals surface area contributed by atoms with Gasteiger partial charge in [0.15, 0.2) is 12.6 Å². The summed E-state index contributed by atoms with van der Waals surface area (Å²) in [5.74, 6) is -0.204. The van der Waals surface area contributed by atoms with E-state index in [1.807, 2.05) is 0 Å². The molecule has 2 aliphatic heterocycles. The molecule has 0 radical (unpaired) electrons. The summed E-state index contributed by atoms with van der Waals surface area (Å²) in [5.41, 5.74) is 0. The van der Waals surface area contributed by atoms with Crippen LogP contribution < -0.4 is 5.32 Å². The Labute approximate surface area is 487 Å². The molecule has 1 amide bonds. The minimum Gasteiger partial charge on any atom is -0.394 e. The second-order valence-corrected chi connectivity index (χ2v) is 23.6. The van der Waals surface area contributed by atoms with Gasteiger partial charge in [0.1, 0.15) is 48.8 Å². The summed E-state index contributed by atoms with van der Waals surface area (Å²) in [6.45, 7) is 2.85. The minimum atomic E-state index is -1.78. The van der Waals surface area contributed by atoms with Gasteiger partial charge < -0.3 is 65.1 Å². The van der Waals surface area contributed by atoms with E-state index in [4.69, 9.17) is 18.9 Å². The maximum atomic E-state index is 13.3. The quantitative estimate of drug-likeness (QED) is 0.0204. The molecule has 0 bridgehead atoms. The number of nitrogens with one attached hydrogen (secondary N) is 1. The van der Waals surface area contributed by atoms with E-state index >= 15 is 0 Å². The van der Waals surface area contributed by atoms with Crippen LogP contribution >= 0.6 is 0 Å². The first kappa shape index (κ1) is 74.3. The summed E-state index contributed by atoms with van der Waals surface area (Å²) in [5, 5.41) is 87.2. The Morgan fingerprint density at radius 1 is 0.450 bits per heavy atom. The number of hydrogen-bond acceptors (Lipinski definition) is 13. The van der Waals surface area contributed by atoms with Crippen LogP contribution in [0.15, 0.2) is 36.5 Å². The van der Waals surface area contributed by atoms with E-state index in [0.29, 0.717) is 12.8 Å². The van der Waals surface area contributed by atoms with Crippen LogP contribution in [0.2, 0.25) is 0 Å². The van der Waals surface area contributed by atoms with E-state index in [1.165, 1.54) is 193 Å². The topological polar surface area (TPSA) is 228 Å². The maximum Gasteiger partial charge on any atom is 0.220 e. The van der Waals surface area contributed by atoms with Crippen molar-refractivity contribution in [3.05, 3.63) is 36.5 Å². The smallest absolute Gasteiger partial charge is 0.220 e. The third kappa shape index (κ3) is 36.1. The average Bonchev–Trinajstić information content (AvgIpc) is 3.46. The lowest BCUT2D eigenvalue weighted by Gasteiger charge is -2.46. The van der Waals surface area contributed by atoms with Gasteiger partial charge in [0.05, 0.1) is 32.0 Å². The molecule has 12 unspecified atom stereocenters. The van der Waals surface area contributed by atoms with Crippen molar-refractivity contribution in [1.29, 1.82) is 0 Å². The predicted molar refractivity (Wildman–Crippen MR) is 323 cm³/mol. The number of carbonyl (C=O) groups excluding carboxylic acids is 1. The minimum absolute atomic E-state index is 0.204. The van der Waals surface area contributed by atoms with Crippen LogP contribution in [0.3, 0.4) is 0 Å². The van der Waals surface area contributed by atoms with Gasteiger partial charge in [-0.1, -0.05) is 262 Å². The van der Waals surface area contributed by atoms with E-state index in [9.17, 15) is 45.6 Å². The molecule has 0 saturated carbocycles. The number of rotatable bonds is 54. The number of amides is 1. The number of allylic oxidation sites excluding steroid dienone is 6. The Balaban J connectivity index is 1.57. The van der Waals surface area contributed by atoms with E-state index in [-0.39, 0.29) is 12.5 Å². The molecular formula is C66H123NO13. The Hall–Kier alpha value is -1.79. The molecule has 80 heavy (non-hydrogen) atoms. The Bertz CT molecular complexity index is 1480. The van der Waals surface area contributed by atoms with Gasteiger partial charge in [-0.25, -0.2) is 0 Å². The zero-order valence-electron chi connectivity index (χ0n) is 50.8. The highest BCUT2D eigenvalue weighted by Crippen LogP contribution is 2.30. The third-order valence-corrected chi connectivity index (χ3v) is 16.4. The molecule has 470 valence electrons. The highest BCUT2D eigenvalue weighted by atomic mass is 16.7. The molecule has 0 aromatic heterocycles. The molecule has 2 heterocycles. The highest BCUT2D eigenvalue weighted by Gasteiger charge is 2.51. The van der Waals surface area contributed by atoms with E-state index < -0.39 is 86.8 Å². The van der Waals surface area contributed by atoms with E-state index in [1.54, 1.807) is 0 Å². The molecule has 12 atom stereocenters. The van der Waals surface area contributed by atoms with Crippen LogP contribution in [0.5, 0.6) is 0 Å². The van der Waals surface area contributed by atoms with Gasteiger partial charge in [-0.3, -0.25) is 4.79 Å². The molecular weight excluding hydrogens is 1010 g/mol. The first-order valence-corrected chi connectivity index (χ1v) is 33.2. The summed E-state index contributed by atoms with van der Waals surface area (Å²) in [7, 11) is 0. The number of hydrogen-bond donors (Lipinski definition) is 9. The fourth-order valence-corrected chi connectivity index (χ4v) is 11.0. The fourth-order valence-electron chi connectivity index (χ4n) is 11.0. The van der Waals surface area contributed by atoms with Gasteiger partial charge in [-0.2, -0.15) is 0 Å².